The van der Waals surface area contributed by atoms with Crippen LogP contribution in [0.3, 0.4) is 0 Å². The highest BCUT2D eigenvalue weighted by Crippen LogP contribution is 2.30. The maximum atomic E-state index is 11.0. The molecule has 1 aliphatic carbocycles. The van der Waals surface area contributed by atoms with E-state index in [1.807, 2.05) is 6.92 Å². The third-order valence-electron chi connectivity index (χ3n) is 3.24. The zero-order valence-electron chi connectivity index (χ0n) is 10.6. The predicted octanol–water partition coefficient (Wildman–Crippen LogP) is 1.47. The third-order valence-corrected chi connectivity index (χ3v) is 3.24. The highest BCUT2D eigenvalue weighted by atomic mass is 35.5. The van der Waals surface area contributed by atoms with Crippen LogP contribution in [0.5, 0.6) is 0 Å². The highest BCUT2D eigenvalue weighted by molar-refractivity contribution is 5.85. The summed E-state index contributed by atoms with van der Waals surface area (Å²) in [7, 11) is 0. The molecule has 1 atom stereocenters. The monoisotopic (exact) mass is 264 g/mol. The SMILES string of the molecule is CCOC(CCNC(=O)CN)C1CCCC1.Cl. The van der Waals surface area contributed by atoms with Crippen LogP contribution in [-0.2, 0) is 9.53 Å². The minimum atomic E-state index is -0.0818. The molecule has 0 aliphatic heterocycles. The van der Waals surface area contributed by atoms with Crippen molar-refractivity contribution in [3.8, 4) is 0 Å². The van der Waals surface area contributed by atoms with E-state index in [-0.39, 0.29) is 24.9 Å². The summed E-state index contributed by atoms with van der Waals surface area (Å²) in [4.78, 5) is 11.0. The van der Waals surface area contributed by atoms with E-state index in [0.29, 0.717) is 18.6 Å². The number of amides is 1. The second-order valence-electron chi connectivity index (χ2n) is 4.38. The summed E-state index contributed by atoms with van der Waals surface area (Å²) in [6, 6.07) is 0. The van der Waals surface area contributed by atoms with Gasteiger partial charge in [0.05, 0.1) is 12.6 Å². The molecule has 0 spiro atoms. The summed E-state index contributed by atoms with van der Waals surface area (Å²) in [6.45, 7) is 3.53. The number of carbonyl (C=O) groups excluding carboxylic acids is 1. The second-order valence-corrected chi connectivity index (χ2v) is 4.38. The molecule has 0 saturated heterocycles. The lowest BCUT2D eigenvalue weighted by atomic mass is 9.98. The number of hydrogen-bond acceptors (Lipinski definition) is 3. The largest absolute Gasteiger partial charge is 0.378 e. The summed E-state index contributed by atoms with van der Waals surface area (Å²) in [5, 5.41) is 2.80. The Kier molecular flexibility index (Phi) is 9.50. The number of rotatable bonds is 7. The van der Waals surface area contributed by atoms with Gasteiger partial charge in [-0.1, -0.05) is 12.8 Å². The van der Waals surface area contributed by atoms with E-state index >= 15 is 0 Å². The van der Waals surface area contributed by atoms with E-state index in [1.54, 1.807) is 0 Å². The van der Waals surface area contributed by atoms with Crippen LogP contribution in [0.25, 0.3) is 0 Å². The Bertz CT molecular complexity index is 209. The van der Waals surface area contributed by atoms with Crippen LogP contribution in [-0.4, -0.2) is 31.7 Å². The molecule has 0 aromatic rings. The normalized spacial score (nSPS) is 17.5. The Morgan fingerprint density at radius 3 is 2.65 bits per heavy atom. The van der Waals surface area contributed by atoms with E-state index < -0.39 is 0 Å². The van der Waals surface area contributed by atoms with Crippen LogP contribution in [0.4, 0.5) is 0 Å². The molecule has 1 aliphatic rings. The Morgan fingerprint density at radius 2 is 2.12 bits per heavy atom. The van der Waals surface area contributed by atoms with Gasteiger partial charge in [-0.2, -0.15) is 0 Å². The van der Waals surface area contributed by atoms with Gasteiger partial charge in [-0.25, -0.2) is 0 Å². The van der Waals surface area contributed by atoms with E-state index in [4.69, 9.17) is 10.5 Å². The average Bonchev–Trinajstić information content (AvgIpc) is 2.81. The number of hydrogen-bond donors (Lipinski definition) is 2. The van der Waals surface area contributed by atoms with Crippen LogP contribution >= 0.6 is 12.4 Å². The maximum Gasteiger partial charge on any atom is 0.233 e. The molecule has 0 bridgehead atoms. The quantitative estimate of drug-likeness (QED) is 0.732. The molecule has 1 unspecified atom stereocenters. The highest BCUT2D eigenvalue weighted by Gasteiger charge is 2.24. The van der Waals surface area contributed by atoms with E-state index in [0.717, 1.165) is 13.0 Å². The van der Waals surface area contributed by atoms with Crippen LogP contribution in [0.15, 0.2) is 0 Å². The molecule has 1 amide bonds. The van der Waals surface area contributed by atoms with Gasteiger partial charge >= 0.3 is 0 Å². The summed E-state index contributed by atoms with van der Waals surface area (Å²) in [5.74, 6) is 0.608. The minimum absolute atomic E-state index is 0. The summed E-state index contributed by atoms with van der Waals surface area (Å²) in [6.07, 6.45) is 6.41. The van der Waals surface area contributed by atoms with Gasteiger partial charge in [0, 0.05) is 13.2 Å². The number of nitrogens with one attached hydrogen (secondary N) is 1. The zero-order chi connectivity index (χ0) is 11.8. The van der Waals surface area contributed by atoms with Crippen LogP contribution in [0, 0.1) is 5.92 Å². The Morgan fingerprint density at radius 1 is 1.47 bits per heavy atom. The lowest BCUT2D eigenvalue weighted by Gasteiger charge is -2.23. The summed E-state index contributed by atoms with van der Waals surface area (Å²) >= 11 is 0. The van der Waals surface area contributed by atoms with Gasteiger partial charge < -0.3 is 15.8 Å². The van der Waals surface area contributed by atoms with Gasteiger partial charge in [0.1, 0.15) is 0 Å². The first kappa shape index (κ1) is 16.7. The first-order chi connectivity index (χ1) is 7.77. The molecule has 1 fully saturated rings. The minimum Gasteiger partial charge on any atom is -0.378 e. The maximum absolute atomic E-state index is 11.0. The van der Waals surface area contributed by atoms with Gasteiger partial charge in [-0.05, 0) is 32.1 Å². The van der Waals surface area contributed by atoms with Crippen molar-refractivity contribution < 1.29 is 9.53 Å². The second kappa shape index (κ2) is 9.68. The number of carbonyl (C=O) groups is 1. The smallest absolute Gasteiger partial charge is 0.233 e. The van der Waals surface area contributed by atoms with Crippen molar-refractivity contribution in [2.45, 2.75) is 45.1 Å². The Labute approximate surface area is 110 Å². The number of ether oxygens (including phenoxy) is 1. The number of nitrogens with two attached hydrogens (primary N) is 1. The summed E-state index contributed by atoms with van der Waals surface area (Å²) < 4.78 is 5.76. The van der Waals surface area contributed by atoms with Gasteiger partial charge in [0.15, 0.2) is 0 Å². The molecule has 5 heteroatoms. The van der Waals surface area contributed by atoms with Crippen molar-refractivity contribution in [1.82, 2.24) is 5.32 Å². The van der Waals surface area contributed by atoms with Gasteiger partial charge in [-0.3, -0.25) is 4.79 Å². The topological polar surface area (TPSA) is 64.3 Å². The van der Waals surface area contributed by atoms with Crippen molar-refractivity contribution >= 4 is 18.3 Å². The lowest BCUT2D eigenvalue weighted by molar-refractivity contribution is -0.119. The van der Waals surface area contributed by atoms with Crippen LogP contribution < -0.4 is 11.1 Å². The molecule has 3 N–H and O–H groups in total. The first-order valence-corrected chi connectivity index (χ1v) is 6.36. The average molecular weight is 265 g/mol. The zero-order valence-corrected chi connectivity index (χ0v) is 11.4. The molecular formula is C12H25ClN2O2. The fourth-order valence-electron chi connectivity index (χ4n) is 2.42. The first-order valence-electron chi connectivity index (χ1n) is 6.36. The lowest BCUT2D eigenvalue weighted by Crippen LogP contribution is -2.34. The molecule has 0 aromatic carbocycles. The molecule has 4 nitrogen and oxygen atoms in total. The van der Waals surface area contributed by atoms with Crippen molar-refractivity contribution in [2.75, 3.05) is 19.7 Å². The molecule has 1 rings (SSSR count). The Hall–Kier alpha value is -0.320. The fraction of sp³-hybridized carbons (Fsp3) is 0.917. The van der Waals surface area contributed by atoms with Gasteiger partial charge in [0.25, 0.3) is 0 Å². The van der Waals surface area contributed by atoms with Crippen molar-refractivity contribution in [2.24, 2.45) is 11.7 Å². The molecule has 1 saturated carbocycles. The van der Waals surface area contributed by atoms with Crippen molar-refractivity contribution in [1.29, 1.82) is 0 Å². The van der Waals surface area contributed by atoms with E-state index in [2.05, 4.69) is 5.32 Å². The van der Waals surface area contributed by atoms with E-state index in [1.165, 1.54) is 25.7 Å². The van der Waals surface area contributed by atoms with Crippen molar-refractivity contribution in [3.63, 3.8) is 0 Å². The molecule has 0 aromatic heterocycles. The van der Waals surface area contributed by atoms with Crippen LogP contribution in [0.2, 0.25) is 0 Å². The molecule has 0 radical (unpaired) electrons. The molecule has 0 heterocycles. The van der Waals surface area contributed by atoms with Crippen LogP contribution in [0.1, 0.15) is 39.0 Å². The fourth-order valence-corrected chi connectivity index (χ4v) is 2.42. The summed E-state index contributed by atoms with van der Waals surface area (Å²) in [5.41, 5.74) is 5.23. The van der Waals surface area contributed by atoms with E-state index in [9.17, 15) is 4.79 Å². The molecular weight excluding hydrogens is 240 g/mol. The predicted molar refractivity (Wildman–Crippen MR) is 71.3 cm³/mol. The van der Waals surface area contributed by atoms with Crippen molar-refractivity contribution in [3.05, 3.63) is 0 Å². The number of halogens is 1. The third kappa shape index (κ3) is 6.24. The standard InChI is InChI=1S/C12H24N2O2.ClH/c1-2-16-11(10-5-3-4-6-10)7-8-14-12(15)9-13;/h10-11H,2-9,13H2,1H3,(H,14,15);1H. The van der Waals surface area contributed by atoms with Gasteiger partial charge in [0.2, 0.25) is 5.91 Å². The molecule has 17 heavy (non-hydrogen) atoms. The van der Waals surface area contributed by atoms with Gasteiger partial charge in [-0.15, -0.1) is 12.4 Å². The Balaban J connectivity index is 0.00000256. The molecule has 102 valence electrons.